The van der Waals surface area contributed by atoms with Crippen LogP contribution < -0.4 is 10.2 Å². The Morgan fingerprint density at radius 2 is 2.18 bits per heavy atom. The molecule has 3 heterocycles. The van der Waals surface area contributed by atoms with Gasteiger partial charge >= 0.3 is 0 Å². The maximum Gasteiger partial charge on any atom is 0.245 e. The Morgan fingerprint density at radius 1 is 1.18 bits per heavy atom. The fourth-order valence-corrected chi connectivity index (χ4v) is 1.95. The van der Waals surface area contributed by atoms with E-state index in [1.54, 1.807) is 6.20 Å². The fraction of sp³-hybridized carbons (Fsp3) is 0.500. The maximum atomic E-state index is 4.48. The van der Waals surface area contributed by atoms with Crippen LogP contribution in [0.25, 0.3) is 11.5 Å². The normalized spacial score (nSPS) is 17.1. The van der Waals surface area contributed by atoms with Crippen molar-refractivity contribution >= 4 is 5.95 Å². The van der Waals surface area contributed by atoms with E-state index in [9.17, 15) is 0 Å². The molecular weight excluding hydrogens is 218 g/mol. The van der Waals surface area contributed by atoms with Gasteiger partial charge in [-0.2, -0.15) is 10.1 Å². The van der Waals surface area contributed by atoms with Crippen LogP contribution in [0.15, 0.2) is 12.3 Å². The molecule has 90 valence electrons. The highest BCUT2D eigenvalue weighted by molar-refractivity contribution is 5.50. The molecular formula is C10H15N7. The SMILES string of the molecule is c1cc(-c2nc(N3CCCNCC3)n[nH]2)[nH]n1. The first-order valence-electron chi connectivity index (χ1n) is 5.81. The highest BCUT2D eigenvalue weighted by Crippen LogP contribution is 2.15. The zero-order valence-corrected chi connectivity index (χ0v) is 9.48. The number of aromatic amines is 2. The fourth-order valence-electron chi connectivity index (χ4n) is 1.95. The lowest BCUT2D eigenvalue weighted by Crippen LogP contribution is -2.28. The number of hydrogen-bond acceptors (Lipinski definition) is 5. The van der Waals surface area contributed by atoms with Crippen molar-refractivity contribution in [2.24, 2.45) is 0 Å². The molecule has 7 heteroatoms. The van der Waals surface area contributed by atoms with Crippen molar-refractivity contribution < 1.29 is 0 Å². The summed E-state index contributed by atoms with van der Waals surface area (Å²) in [5.41, 5.74) is 0.858. The average molecular weight is 233 g/mol. The number of H-pyrrole nitrogens is 2. The summed E-state index contributed by atoms with van der Waals surface area (Å²) in [6.45, 7) is 3.98. The summed E-state index contributed by atoms with van der Waals surface area (Å²) in [5, 5.41) is 17.3. The van der Waals surface area contributed by atoms with Crippen molar-refractivity contribution in [1.82, 2.24) is 30.7 Å². The van der Waals surface area contributed by atoms with Crippen LogP contribution in [0.2, 0.25) is 0 Å². The Balaban J connectivity index is 1.79. The average Bonchev–Trinajstić information content (AvgIpc) is 2.95. The van der Waals surface area contributed by atoms with Crippen LogP contribution in [0.4, 0.5) is 5.95 Å². The lowest BCUT2D eigenvalue weighted by atomic mass is 10.4. The number of rotatable bonds is 2. The Hall–Kier alpha value is -1.89. The van der Waals surface area contributed by atoms with E-state index in [1.807, 2.05) is 6.07 Å². The lowest BCUT2D eigenvalue weighted by molar-refractivity contribution is 0.724. The molecule has 0 atom stereocenters. The first-order chi connectivity index (χ1) is 8.43. The number of nitrogens with one attached hydrogen (secondary N) is 3. The van der Waals surface area contributed by atoms with E-state index in [0.29, 0.717) is 0 Å². The first kappa shape index (κ1) is 10.3. The summed E-state index contributed by atoms with van der Waals surface area (Å²) in [4.78, 5) is 6.67. The van der Waals surface area contributed by atoms with E-state index in [2.05, 4.69) is 35.6 Å². The van der Waals surface area contributed by atoms with Gasteiger partial charge in [-0.1, -0.05) is 0 Å². The van der Waals surface area contributed by atoms with Gasteiger partial charge in [-0.25, -0.2) is 0 Å². The van der Waals surface area contributed by atoms with Crippen molar-refractivity contribution in [3.05, 3.63) is 12.3 Å². The minimum atomic E-state index is 0.731. The molecule has 0 saturated carbocycles. The van der Waals surface area contributed by atoms with E-state index in [0.717, 1.165) is 50.1 Å². The minimum absolute atomic E-state index is 0.731. The molecule has 0 aliphatic carbocycles. The monoisotopic (exact) mass is 233 g/mol. The van der Waals surface area contributed by atoms with Crippen molar-refractivity contribution in [1.29, 1.82) is 0 Å². The largest absolute Gasteiger partial charge is 0.338 e. The number of anilines is 1. The molecule has 0 amide bonds. The smallest absolute Gasteiger partial charge is 0.245 e. The van der Waals surface area contributed by atoms with Gasteiger partial charge in [-0.3, -0.25) is 10.2 Å². The molecule has 7 nitrogen and oxygen atoms in total. The van der Waals surface area contributed by atoms with Crippen molar-refractivity contribution in [3.8, 4) is 11.5 Å². The van der Waals surface area contributed by atoms with Crippen molar-refractivity contribution in [2.45, 2.75) is 6.42 Å². The van der Waals surface area contributed by atoms with Gasteiger partial charge in [0.25, 0.3) is 0 Å². The molecule has 2 aromatic rings. The maximum absolute atomic E-state index is 4.48. The van der Waals surface area contributed by atoms with E-state index < -0.39 is 0 Å². The first-order valence-corrected chi connectivity index (χ1v) is 5.81. The molecule has 3 rings (SSSR count). The minimum Gasteiger partial charge on any atom is -0.338 e. The number of hydrogen-bond donors (Lipinski definition) is 3. The molecule has 17 heavy (non-hydrogen) atoms. The molecule has 2 aromatic heterocycles. The molecule has 1 fully saturated rings. The Morgan fingerprint density at radius 3 is 3.06 bits per heavy atom. The van der Waals surface area contributed by atoms with Crippen LogP contribution in [0.3, 0.4) is 0 Å². The van der Waals surface area contributed by atoms with Crippen LogP contribution in [0.1, 0.15) is 6.42 Å². The van der Waals surface area contributed by atoms with E-state index in [1.165, 1.54) is 0 Å². The molecule has 0 radical (unpaired) electrons. The molecule has 1 aliphatic rings. The van der Waals surface area contributed by atoms with Gasteiger partial charge in [0.1, 0.15) is 5.69 Å². The van der Waals surface area contributed by atoms with Crippen LogP contribution in [-0.2, 0) is 0 Å². The molecule has 1 aliphatic heterocycles. The third kappa shape index (κ3) is 2.14. The molecule has 0 spiro atoms. The van der Waals surface area contributed by atoms with E-state index in [4.69, 9.17) is 0 Å². The van der Waals surface area contributed by atoms with E-state index >= 15 is 0 Å². The highest BCUT2D eigenvalue weighted by Gasteiger charge is 2.14. The Kier molecular flexibility index (Phi) is 2.74. The zero-order chi connectivity index (χ0) is 11.5. The van der Waals surface area contributed by atoms with Gasteiger partial charge in [0.15, 0.2) is 5.82 Å². The Bertz CT molecular complexity index is 453. The van der Waals surface area contributed by atoms with Crippen LogP contribution in [0.5, 0.6) is 0 Å². The third-order valence-corrected chi connectivity index (χ3v) is 2.85. The molecule has 0 aromatic carbocycles. The standard InChI is InChI=1S/C10H15N7/c1-3-11-5-7-17(6-1)10-13-9(15-16-10)8-2-4-12-14-8/h2,4,11H,1,3,5-7H2,(H,12,14)(H,13,15,16). The summed E-state index contributed by atoms with van der Waals surface area (Å²) >= 11 is 0. The van der Waals surface area contributed by atoms with Gasteiger partial charge in [-0.05, 0) is 19.0 Å². The molecule has 0 bridgehead atoms. The zero-order valence-electron chi connectivity index (χ0n) is 9.48. The topological polar surface area (TPSA) is 85.5 Å². The number of nitrogens with zero attached hydrogens (tertiary/aromatic N) is 4. The summed E-state index contributed by atoms with van der Waals surface area (Å²) in [7, 11) is 0. The van der Waals surface area contributed by atoms with Crippen LogP contribution in [0, 0.1) is 0 Å². The van der Waals surface area contributed by atoms with Gasteiger partial charge in [-0.15, -0.1) is 5.10 Å². The van der Waals surface area contributed by atoms with Gasteiger partial charge in [0.05, 0.1) is 0 Å². The van der Waals surface area contributed by atoms with Gasteiger partial charge < -0.3 is 10.2 Å². The quantitative estimate of drug-likeness (QED) is 0.679. The summed E-state index contributed by atoms with van der Waals surface area (Å²) < 4.78 is 0. The van der Waals surface area contributed by atoms with Crippen LogP contribution in [-0.4, -0.2) is 51.6 Å². The van der Waals surface area contributed by atoms with Crippen molar-refractivity contribution in [3.63, 3.8) is 0 Å². The molecule has 0 unspecified atom stereocenters. The summed E-state index contributed by atoms with van der Waals surface area (Å²) in [6, 6.07) is 1.87. The molecule has 1 saturated heterocycles. The molecule has 3 N–H and O–H groups in total. The second-order valence-corrected chi connectivity index (χ2v) is 4.04. The Labute approximate surface area is 98.6 Å². The van der Waals surface area contributed by atoms with Crippen LogP contribution >= 0.6 is 0 Å². The summed E-state index contributed by atoms with van der Waals surface area (Å²) in [5.74, 6) is 1.49. The number of aromatic nitrogens is 5. The second kappa shape index (κ2) is 4.54. The van der Waals surface area contributed by atoms with Gasteiger partial charge in [0.2, 0.25) is 5.95 Å². The predicted molar refractivity (Wildman–Crippen MR) is 63.7 cm³/mol. The van der Waals surface area contributed by atoms with Gasteiger partial charge in [0, 0.05) is 25.8 Å². The highest BCUT2D eigenvalue weighted by atomic mass is 15.4. The lowest BCUT2D eigenvalue weighted by Gasteiger charge is -2.16. The summed E-state index contributed by atoms with van der Waals surface area (Å²) in [6.07, 6.45) is 2.82. The van der Waals surface area contributed by atoms with Crippen molar-refractivity contribution in [2.75, 3.05) is 31.1 Å². The third-order valence-electron chi connectivity index (χ3n) is 2.85. The second-order valence-electron chi connectivity index (χ2n) is 4.04. The van der Waals surface area contributed by atoms with E-state index in [-0.39, 0.29) is 0 Å². The predicted octanol–water partition coefficient (Wildman–Crippen LogP) is -0.00550.